The molecule has 1 amide bonds. The zero-order valence-corrected chi connectivity index (χ0v) is 13.6. The number of hydrogen-bond acceptors (Lipinski definition) is 4. The minimum absolute atomic E-state index is 0.00236. The number of amidine groups is 1. The van der Waals surface area contributed by atoms with Crippen molar-refractivity contribution in [1.29, 1.82) is 0 Å². The summed E-state index contributed by atoms with van der Waals surface area (Å²) in [6, 6.07) is 0. The van der Waals surface area contributed by atoms with Crippen molar-refractivity contribution in [2.24, 2.45) is 10.9 Å². The van der Waals surface area contributed by atoms with E-state index in [0.29, 0.717) is 12.8 Å². The van der Waals surface area contributed by atoms with E-state index < -0.39 is 18.1 Å². The monoisotopic (exact) mass is 347 g/mol. The molecule has 3 aliphatic rings. The standard InChI is InChI=1S/C16H24F3N3O2/c17-16(18,19)7-10-24-12-3-1-11(2-4-12)13-21-14(23)15(22-13)5-8-20-9-6-15/h11-12,20H,1-10H2,(H,21,22,23). The van der Waals surface area contributed by atoms with Crippen LogP contribution in [0.3, 0.4) is 0 Å². The molecule has 1 aliphatic carbocycles. The number of piperidine rings is 1. The summed E-state index contributed by atoms with van der Waals surface area (Å²) < 4.78 is 41.8. The van der Waals surface area contributed by atoms with E-state index >= 15 is 0 Å². The lowest BCUT2D eigenvalue weighted by Crippen LogP contribution is -2.47. The van der Waals surface area contributed by atoms with Crippen molar-refractivity contribution in [3.05, 3.63) is 0 Å². The van der Waals surface area contributed by atoms with Crippen LogP contribution in [-0.4, -0.2) is 49.3 Å². The summed E-state index contributed by atoms with van der Waals surface area (Å²) in [6.45, 7) is 1.32. The van der Waals surface area contributed by atoms with Crippen molar-refractivity contribution in [2.45, 2.75) is 62.8 Å². The summed E-state index contributed by atoms with van der Waals surface area (Å²) in [6.07, 6.45) is -0.716. The second-order valence-corrected chi connectivity index (χ2v) is 6.94. The Labute approximate surface area is 139 Å². The topological polar surface area (TPSA) is 62.7 Å². The van der Waals surface area contributed by atoms with Gasteiger partial charge in [-0.15, -0.1) is 0 Å². The SMILES string of the molecule is O=C1NC(C2CCC(OCCC(F)(F)F)CC2)=NC12CCNCC2. The Balaban J connectivity index is 1.48. The molecule has 5 nitrogen and oxygen atoms in total. The molecule has 0 aromatic rings. The maximum Gasteiger partial charge on any atom is 0.391 e. The molecule has 8 heteroatoms. The molecule has 0 atom stereocenters. The van der Waals surface area contributed by atoms with E-state index in [2.05, 4.69) is 10.6 Å². The predicted octanol–water partition coefficient (Wildman–Crippen LogP) is 2.16. The van der Waals surface area contributed by atoms with Crippen LogP contribution in [0.1, 0.15) is 44.9 Å². The first-order valence-electron chi connectivity index (χ1n) is 8.68. The van der Waals surface area contributed by atoms with Crippen molar-refractivity contribution < 1.29 is 22.7 Å². The van der Waals surface area contributed by atoms with Crippen LogP contribution >= 0.6 is 0 Å². The lowest BCUT2D eigenvalue weighted by Gasteiger charge is -2.29. The lowest BCUT2D eigenvalue weighted by atomic mass is 9.86. The number of aliphatic imine (C=N–C) groups is 1. The number of carbonyl (C=O) groups excluding carboxylic acids is 1. The number of carbonyl (C=O) groups is 1. The van der Waals surface area contributed by atoms with E-state index in [1.54, 1.807) is 0 Å². The highest BCUT2D eigenvalue weighted by Gasteiger charge is 2.45. The summed E-state index contributed by atoms with van der Waals surface area (Å²) in [5, 5.41) is 6.20. The van der Waals surface area contributed by atoms with Gasteiger partial charge in [0.1, 0.15) is 11.4 Å². The highest BCUT2D eigenvalue weighted by atomic mass is 19.4. The third-order valence-corrected chi connectivity index (χ3v) is 5.23. The van der Waals surface area contributed by atoms with Gasteiger partial charge < -0.3 is 15.4 Å². The van der Waals surface area contributed by atoms with Gasteiger partial charge in [0.2, 0.25) is 0 Å². The highest BCUT2D eigenvalue weighted by molar-refractivity contribution is 6.09. The van der Waals surface area contributed by atoms with Crippen LogP contribution in [0.5, 0.6) is 0 Å². The second kappa shape index (κ2) is 7.00. The van der Waals surface area contributed by atoms with Gasteiger partial charge in [-0.3, -0.25) is 9.79 Å². The van der Waals surface area contributed by atoms with Gasteiger partial charge >= 0.3 is 6.18 Å². The van der Waals surface area contributed by atoms with Gasteiger partial charge in [0.05, 0.1) is 19.1 Å². The van der Waals surface area contributed by atoms with Crippen molar-refractivity contribution in [3.8, 4) is 0 Å². The largest absolute Gasteiger partial charge is 0.391 e. The summed E-state index contributed by atoms with van der Waals surface area (Å²) in [5.74, 6) is 0.962. The Morgan fingerprint density at radius 2 is 1.83 bits per heavy atom. The zero-order chi connectivity index (χ0) is 17.2. The Morgan fingerprint density at radius 1 is 1.17 bits per heavy atom. The smallest absolute Gasteiger partial charge is 0.378 e. The van der Waals surface area contributed by atoms with E-state index in [4.69, 9.17) is 9.73 Å². The lowest BCUT2D eigenvalue weighted by molar-refractivity contribution is -0.150. The Hall–Kier alpha value is -1.15. The van der Waals surface area contributed by atoms with Crippen LogP contribution in [0.4, 0.5) is 13.2 Å². The number of amides is 1. The Bertz CT molecular complexity index is 493. The van der Waals surface area contributed by atoms with Crippen LogP contribution in [0.25, 0.3) is 0 Å². The number of halogens is 3. The maximum absolute atomic E-state index is 12.3. The van der Waals surface area contributed by atoms with Crippen LogP contribution < -0.4 is 10.6 Å². The zero-order valence-electron chi connectivity index (χ0n) is 13.6. The van der Waals surface area contributed by atoms with E-state index in [1.165, 1.54) is 0 Å². The molecule has 2 N–H and O–H groups in total. The third-order valence-electron chi connectivity index (χ3n) is 5.23. The number of rotatable bonds is 4. The molecule has 0 aromatic carbocycles. The number of nitrogens with one attached hydrogen (secondary N) is 2. The molecule has 0 radical (unpaired) electrons. The summed E-state index contributed by atoms with van der Waals surface area (Å²) in [4.78, 5) is 17.0. The molecule has 0 bridgehead atoms. The molecular weight excluding hydrogens is 323 g/mol. The van der Waals surface area contributed by atoms with Crippen LogP contribution in [0, 0.1) is 5.92 Å². The van der Waals surface area contributed by atoms with Gasteiger partial charge in [-0.1, -0.05) is 0 Å². The number of alkyl halides is 3. The van der Waals surface area contributed by atoms with E-state index in [-0.39, 0.29) is 24.5 Å². The van der Waals surface area contributed by atoms with Crippen molar-refractivity contribution in [3.63, 3.8) is 0 Å². The van der Waals surface area contributed by atoms with Crippen LogP contribution in [-0.2, 0) is 9.53 Å². The Morgan fingerprint density at radius 3 is 2.46 bits per heavy atom. The molecule has 1 saturated heterocycles. The first kappa shape index (κ1) is 17.7. The molecular formula is C16H24F3N3O2. The second-order valence-electron chi connectivity index (χ2n) is 6.94. The predicted molar refractivity (Wildman–Crippen MR) is 82.8 cm³/mol. The molecule has 0 unspecified atom stereocenters. The van der Waals surface area contributed by atoms with Gasteiger partial charge in [-0.25, -0.2) is 0 Å². The molecule has 2 fully saturated rings. The van der Waals surface area contributed by atoms with Crippen molar-refractivity contribution >= 4 is 11.7 Å². The fraction of sp³-hybridized carbons (Fsp3) is 0.875. The van der Waals surface area contributed by atoms with E-state index in [0.717, 1.165) is 44.6 Å². The third kappa shape index (κ3) is 4.08. The van der Waals surface area contributed by atoms with E-state index in [9.17, 15) is 18.0 Å². The normalized spacial score (nSPS) is 30.3. The molecule has 136 valence electrons. The van der Waals surface area contributed by atoms with Gasteiger partial charge in [-0.2, -0.15) is 13.2 Å². The summed E-state index contributed by atoms with van der Waals surface area (Å²) in [7, 11) is 0. The molecule has 1 spiro atoms. The average molecular weight is 347 g/mol. The first-order chi connectivity index (χ1) is 11.4. The molecule has 24 heavy (non-hydrogen) atoms. The van der Waals surface area contributed by atoms with Gasteiger partial charge in [0.25, 0.3) is 5.91 Å². The fourth-order valence-electron chi connectivity index (χ4n) is 3.76. The van der Waals surface area contributed by atoms with Crippen molar-refractivity contribution in [1.82, 2.24) is 10.6 Å². The number of hydrogen-bond donors (Lipinski definition) is 2. The quantitative estimate of drug-likeness (QED) is 0.819. The fourth-order valence-corrected chi connectivity index (χ4v) is 3.76. The van der Waals surface area contributed by atoms with Crippen LogP contribution in [0.2, 0.25) is 0 Å². The minimum atomic E-state index is -4.16. The molecule has 2 aliphatic heterocycles. The molecule has 2 heterocycles. The molecule has 0 aromatic heterocycles. The summed E-state index contributed by atoms with van der Waals surface area (Å²) in [5.41, 5.74) is -0.597. The van der Waals surface area contributed by atoms with Gasteiger partial charge in [-0.05, 0) is 51.6 Å². The van der Waals surface area contributed by atoms with Crippen LogP contribution in [0.15, 0.2) is 4.99 Å². The maximum atomic E-state index is 12.3. The first-order valence-corrected chi connectivity index (χ1v) is 8.68. The minimum Gasteiger partial charge on any atom is -0.378 e. The summed E-state index contributed by atoms with van der Waals surface area (Å²) >= 11 is 0. The van der Waals surface area contributed by atoms with Gasteiger partial charge in [0, 0.05) is 5.92 Å². The number of ether oxygens (including phenoxy) is 1. The van der Waals surface area contributed by atoms with Gasteiger partial charge in [0.15, 0.2) is 0 Å². The van der Waals surface area contributed by atoms with Crippen molar-refractivity contribution in [2.75, 3.05) is 19.7 Å². The number of nitrogens with zero attached hydrogens (tertiary/aromatic N) is 1. The average Bonchev–Trinajstić information content (AvgIpc) is 2.84. The molecule has 3 rings (SSSR count). The highest BCUT2D eigenvalue weighted by Crippen LogP contribution is 2.33. The molecule has 1 saturated carbocycles. The Kier molecular flexibility index (Phi) is 5.15. The van der Waals surface area contributed by atoms with E-state index in [1.807, 2.05) is 0 Å².